The number of anilines is 1. The van der Waals surface area contributed by atoms with E-state index in [1.54, 1.807) is 41.5 Å². The van der Waals surface area contributed by atoms with Gasteiger partial charge >= 0.3 is 0 Å². The fourth-order valence-corrected chi connectivity index (χ4v) is 3.49. The predicted molar refractivity (Wildman–Crippen MR) is 125 cm³/mol. The molecule has 3 heterocycles. The number of hydrogen-bond donors (Lipinski definition) is 2. The molecule has 0 bridgehead atoms. The molecule has 31 heavy (non-hydrogen) atoms. The van der Waals surface area contributed by atoms with Gasteiger partial charge in [-0.1, -0.05) is 35.3 Å². The molecular formula is C20H22Cl2N6O2S. The van der Waals surface area contributed by atoms with Crippen molar-refractivity contribution in [2.45, 2.75) is 25.9 Å². The van der Waals surface area contributed by atoms with Crippen LogP contribution in [-0.4, -0.2) is 44.7 Å². The largest absolute Gasteiger partial charge is 0.379 e. The maximum absolute atomic E-state index is 12.5. The van der Waals surface area contributed by atoms with Crippen molar-refractivity contribution < 1.29 is 9.53 Å². The first-order chi connectivity index (χ1) is 14.5. The van der Waals surface area contributed by atoms with Gasteiger partial charge in [0.15, 0.2) is 0 Å². The number of nitrogens with zero attached hydrogens (tertiary/aromatic N) is 4. The second-order valence-electron chi connectivity index (χ2n) is 6.97. The summed E-state index contributed by atoms with van der Waals surface area (Å²) in [6.07, 6.45) is 5.84. The van der Waals surface area contributed by atoms with Gasteiger partial charge in [-0.3, -0.25) is 9.36 Å². The van der Waals surface area contributed by atoms with Crippen LogP contribution in [0.2, 0.25) is 10.0 Å². The third-order valence-electron chi connectivity index (χ3n) is 4.74. The van der Waals surface area contributed by atoms with Crippen LogP contribution in [0.15, 0.2) is 36.9 Å². The molecule has 2 N–H and O–H groups in total. The zero-order valence-electron chi connectivity index (χ0n) is 16.7. The van der Waals surface area contributed by atoms with Crippen LogP contribution in [0, 0.1) is 6.92 Å². The van der Waals surface area contributed by atoms with Gasteiger partial charge in [0, 0.05) is 31.1 Å². The van der Waals surface area contributed by atoms with Gasteiger partial charge in [0.05, 0.1) is 22.7 Å². The number of rotatable bonds is 6. The zero-order chi connectivity index (χ0) is 21.1. The summed E-state index contributed by atoms with van der Waals surface area (Å²) in [5, 5.41) is 6.95. The lowest BCUT2D eigenvalue weighted by Gasteiger charge is -2.12. The molecule has 1 amide bonds. The molecule has 164 valence electrons. The van der Waals surface area contributed by atoms with Gasteiger partial charge in [-0.05, 0) is 25.0 Å². The third-order valence-corrected chi connectivity index (χ3v) is 5.60. The van der Waals surface area contributed by atoms with E-state index < -0.39 is 0 Å². The van der Waals surface area contributed by atoms with Gasteiger partial charge in [0.1, 0.15) is 17.8 Å². The Balaban J connectivity index is 0.00000272. The molecule has 0 radical (unpaired) electrons. The second-order valence-corrected chi connectivity index (χ2v) is 7.75. The lowest BCUT2D eigenvalue weighted by Crippen LogP contribution is -2.23. The smallest absolute Gasteiger partial charge is 0.271 e. The molecule has 8 nitrogen and oxygen atoms in total. The summed E-state index contributed by atoms with van der Waals surface area (Å²) in [7, 11) is 0. The Kier molecular flexibility index (Phi) is 7.77. The van der Waals surface area contributed by atoms with Crippen molar-refractivity contribution in [2.75, 3.05) is 18.5 Å². The Labute approximate surface area is 196 Å². The Hall–Kier alpha value is -2.33. The van der Waals surface area contributed by atoms with Crippen molar-refractivity contribution in [3.63, 3.8) is 0 Å². The first-order valence-corrected chi connectivity index (χ1v) is 10.2. The topological polar surface area (TPSA) is 94.0 Å². The quantitative estimate of drug-likeness (QED) is 0.560. The normalized spacial score (nSPS) is 15.4. The number of benzene rings is 1. The average Bonchev–Trinajstić information content (AvgIpc) is 3.42. The van der Waals surface area contributed by atoms with Crippen molar-refractivity contribution in [3.05, 3.63) is 63.8 Å². The first kappa shape index (κ1) is 23.3. The van der Waals surface area contributed by atoms with Crippen molar-refractivity contribution in [2.24, 2.45) is 0 Å². The SMILES string of the molecule is Cc1cnc(NC2CCOC2)nc1-n1cnc(C(=O)NCc2cccc(Cl)c2Cl)c1.S. The van der Waals surface area contributed by atoms with E-state index in [1.807, 2.05) is 6.92 Å². The van der Waals surface area contributed by atoms with Crippen LogP contribution in [0.25, 0.3) is 5.82 Å². The number of aryl methyl sites for hydroxylation is 1. The highest BCUT2D eigenvalue weighted by Gasteiger charge is 2.18. The van der Waals surface area contributed by atoms with E-state index in [1.165, 1.54) is 0 Å². The summed E-state index contributed by atoms with van der Waals surface area (Å²) in [6, 6.07) is 5.49. The number of ether oxygens (including phenoxy) is 1. The summed E-state index contributed by atoms with van der Waals surface area (Å²) >= 11 is 12.2. The molecule has 1 atom stereocenters. The molecule has 1 saturated heterocycles. The minimum absolute atomic E-state index is 0. The van der Waals surface area contributed by atoms with Crippen molar-refractivity contribution >= 4 is 48.6 Å². The number of imidazole rings is 1. The zero-order valence-corrected chi connectivity index (χ0v) is 19.2. The van der Waals surface area contributed by atoms with Gasteiger partial charge in [-0.2, -0.15) is 18.5 Å². The molecular weight excluding hydrogens is 459 g/mol. The van der Waals surface area contributed by atoms with E-state index in [0.29, 0.717) is 28.4 Å². The minimum Gasteiger partial charge on any atom is -0.379 e. The molecule has 0 saturated carbocycles. The van der Waals surface area contributed by atoms with Crippen LogP contribution in [0.4, 0.5) is 5.95 Å². The van der Waals surface area contributed by atoms with E-state index in [4.69, 9.17) is 27.9 Å². The lowest BCUT2D eigenvalue weighted by molar-refractivity contribution is 0.0946. The van der Waals surface area contributed by atoms with Gasteiger partial charge in [0.25, 0.3) is 5.91 Å². The van der Waals surface area contributed by atoms with Crippen LogP contribution >= 0.6 is 36.7 Å². The van der Waals surface area contributed by atoms with E-state index in [9.17, 15) is 4.79 Å². The van der Waals surface area contributed by atoms with E-state index >= 15 is 0 Å². The highest BCUT2D eigenvalue weighted by Crippen LogP contribution is 2.25. The Morgan fingerprint density at radius 2 is 2.16 bits per heavy atom. The van der Waals surface area contributed by atoms with Gasteiger partial charge < -0.3 is 15.4 Å². The summed E-state index contributed by atoms with van der Waals surface area (Å²) < 4.78 is 7.08. The predicted octanol–water partition coefficient (Wildman–Crippen LogP) is 3.52. The molecule has 3 aromatic rings. The molecule has 4 rings (SSSR count). The number of amides is 1. The summed E-state index contributed by atoms with van der Waals surface area (Å²) in [4.78, 5) is 25.6. The molecule has 11 heteroatoms. The fourth-order valence-electron chi connectivity index (χ4n) is 3.10. The standard InChI is InChI=1S/C20H20Cl2N6O2.H2S/c1-12-7-24-20(26-14-5-6-30-10-14)27-18(12)28-9-16(25-11-28)19(29)23-8-13-3-2-4-15(21)17(13)22;/h2-4,7,9,11,14H,5-6,8,10H2,1H3,(H,23,29)(H,24,26,27);1H2. The molecule has 2 aromatic heterocycles. The molecule has 0 spiro atoms. The second kappa shape index (κ2) is 10.3. The number of carbonyl (C=O) groups excluding carboxylic acids is 1. The van der Waals surface area contributed by atoms with Crippen molar-refractivity contribution in [1.29, 1.82) is 0 Å². The summed E-state index contributed by atoms with van der Waals surface area (Å²) in [5.74, 6) is 0.843. The number of aromatic nitrogens is 4. The molecule has 1 fully saturated rings. The van der Waals surface area contributed by atoms with Crippen LogP contribution in [0.3, 0.4) is 0 Å². The van der Waals surface area contributed by atoms with E-state index in [0.717, 1.165) is 24.2 Å². The number of halogens is 2. The molecule has 1 aliphatic heterocycles. The molecule has 1 aromatic carbocycles. The summed E-state index contributed by atoms with van der Waals surface area (Å²) in [6.45, 7) is 3.52. The Bertz CT molecular complexity index is 1070. The maximum Gasteiger partial charge on any atom is 0.271 e. The average molecular weight is 481 g/mol. The van der Waals surface area contributed by atoms with Gasteiger partial charge in [-0.25, -0.2) is 9.97 Å². The van der Waals surface area contributed by atoms with Gasteiger partial charge in [-0.15, -0.1) is 0 Å². The molecule has 1 unspecified atom stereocenters. The van der Waals surface area contributed by atoms with Crippen LogP contribution < -0.4 is 10.6 Å². The fraction of sp³-hybridized carbons (Fsp3) is 0.300. The van der Waals surface area contributed by atoms with Crippen molar-refractivity contribution in [1.82, 2.24) is 24.8 Å². The Morgan fingerprint density at radius 1 is 1.32 bits per heavy atom. The van der Waals surface area contributed by atoms with Gasteiger partial charge in [0.2, 0.25) is 5.95 Å². The van der Waals surface area contributed by atoms with Crippen molar-refractivity contribution in [3.8, 4) is 5.82 Å². The molecule has 0 aliphatic carbocycles. The molecule has 1 aliphatic rings. The highest BCUT2D eigenvalue weighted by molar-refractivity contribution is 7.59. The lowest BCUT2D eigenvalue weighted by atomic mass is 10.2. The van der Waals surface area contributed by atoms with E-state index in [2.05, 4.69) is 25.6 Å². The van der Waals surface area contributed by atoms with Crippen LogP contribution in [0.1, 0.15) is 28.0 Å². The third kappa shape index (κ3) is 5.48. The Morgan fingerprint density at radius 3 is 2.94 bits per heavy atom. The highest BCUT2D eigenvalue weighted by atomic mass is 35.5. The van der Waals surface area contributed by atoms with Crippen LogP contribution in [0.5, 0.6) is 0 Å². The summed E-state index contributed by atoms with van der Waals surface area (Å²) in [5.41, 5.74) is 1.86. The number of nitrogens with one attached hydrogen (secondary N) is 2. The minimum atomic E-state index is -0.321. The first-order valence-electron chi connectivity index (χ1n) is 9.44. The number of carbonyl (C=O) groups is 1. The van der Waals surface area contributed by atoms with E-state index in [-0.39, 0.29) is 37.7 Å². The monoisotopic (exact) mass is 480 g/mol. The maximum atomic E-state index is 12.5. The van der Waals surface area contributed by atoms with Crippen LogP contribution in [-0.2, 0) is 11.3 Å². The number of hydrogen-bond acceptors (Lipinski definition) is 6.